The number of carbonyl (C=O) groups excluding carboxylic acids is 1. The fourth-order valence-corrected chi connectivity index (χ4v) is 0.617. The Morgan fingerprint density at radius 2 is 2.33 bits per heavy atom. The van der Waals surface area contributed by atoms with Crippen LogP contribution < -0.4 is 5.32 Å². The molecule has 0 aromatic carbocycles. The van der Waals surface area contributed by atoms with Gasteiger partial charge in [0.15, 0.2) is 0 Å². The van der Waals surface area contributed by atoms with E-state index in [0.29, 0.717) is 6.42 Å². The number of rotatable bonds is 3. The Bertz CT molecular complexity index is 234. The average molecular weight is 164 g/mol. The molecule has 2 unspecified atom stereocenters. The fourth-order valence-electron chi connectivity index (χ4n) is 0.617. The lowest BCUT2D eigenvalue weighted by Gasteiger charge is -2.10. The van der Waals surface area contributed by atoms with Gasteiger partial charge in [0.05, 0.1) is 12.1 Å². The summed E-state index contributed by atoms with van der Waals surface area (Å²) in [7, 11) is 0. The van der Waals surface area contributed by atoms with Crippen LogP contribution in [0.25, 0.3) is 0 Å². The van der Waals surface area contributed by atoms with E-state index < -0.39 is 5.92 Å². The smallest absolute Gasteiger partial charge is 0.238 e. The second-order valence-electron chi connectivity index (χ2n) is 2.49. The van der Waals surface area contributed by atoms with Gasteiger partial charge in [-0.05, 0) is 13.3 Å². The highest BCUT2D eigenvalue weighted by Crippen LogP contribution is 1.94. The Labute approximate surface area is 72.8 Å². The molecule has 3 nitrogen and oxygen atoms in total. The molecule has 1 amide bonds. The molecule has 0 rings (SSSR count). The average Bonchev–Trinajstić information content (AvgIpc) is 2.12. The predicted octanol–water partition coefficient (Wildman–Crippen LogP) is 0.674. The first kappa shape index (κ1) is 10.5. The van der Waals surface area contributed by atoms with Crippen LogP contribution in [0.4, 0.5) is 0 Å². The molecule has 0 spiro atoms. The number of hydrogen-bond donors (Lipinski definition) is 1. The third kappa shape index (κ3) is 3.07. The van der Waals surface area contributed by atoms with Gasteiger partial charge >= 0.3 is 0 Å². The summed E-state index contributed by atoms with van der Waals surface area (Å²) in [5.74, 6) is 1.48. The van der Waals surface area contributed by atoms with Crippen molar-refractivity contribution in [1.82, 2.24) is 5.32 Å². The van der Waals surface area contributed by atoms with Crippen LogP contribution in [0.5, 0.6) is 0 Å². The molecule has 0 fully saturated rings. The molecular formula is C9H12N2O. The van der Waals surface area contributed by atoms with Crippen molar-refractivity contribution < 1.29 is 4.79 Å². The molecular weight excluding hydrogens is 152 g/mol. The molecule has 0 aromatic rings. The molecule has 0 aliphatic carbocycles. The van der Waals surface area contributed by atoms with Gasteiger partial charge in [-0.3, -0.25) is 4.79 Å². The zero-order valence-electron chi connectivity index (χ0n) is 7.29. The first-order chi connectivity index (χ1) is 5.65. The quantitative estimate of drug-likeness (QED) is 0.623. The van der Waals surface area contributed by atoms with Crippen LogP contribution in [-0.2, 0) is 4.79 Å². The van der Waals surface area contributed by atoms with Crippen LogP contribution in [0.15, 0.2) is 0 Å². The highest BCUT2D eigenvalue weighted by molar-refractivity contribution is 5.81. The topological polar surface area (TPSA) is 52.9 Å². The molecule has 0 radical (unpaired) electrons. The number of nitriles is 1. The highest BCUT2D eigenvalue weighted by atomic mass is 16.1. The van der Waals surface area contributed by atoms with E-state index in [1.54, 1.807) is 6.92 Å². The van der Waals surface area contributed by atoms with E-state index in [1.807, 2.05) is 13.0 Å². The van der Waals surface area contributed by atoms with Crippen molar-refractivity contribution in [1.29, 1.82) is 5.26 Å². The van der Waals surface area contributed by atoms with E-state index in [9.17, 15) is 4.79 Å². The van der Waals surface area contributed by atoms with Crippen molar-refractivity contribution in [2.45, 2.75) is 26.3 Å². The standard InChI is InChI=1S/C9H12N2O/c1-4-8(5-2)11-9(12)7(3)6-10/h1,7-8H,5H2,2-3H3,(H,11,12). The van der Waals surface area contributed by atoms with E-state index in [-0.39, 0.29) is 11.9 Å². The zero-order chi connectivity index (χ0) is 9.56. The first-order valence-electron chi connectivity index (χ1n) is 3.81. The Morgan fingerprint density at radius 1 is 1.75 bits per heavy atom. The van der Waals surface area contributed by atoms with Crippen molar-refractivity contribution in [3.63, 3.8) is 0 Å². The van der Waals surface area contributed by atoms with Crippen LogP contribution in [-0.4, -0.2) is 11.9 Å². The van der Waals surface area contributed by atoms with Gasteiger partial charge in [-0.2, -0.15) is 5.26 Å². The van der Waals surface area contributed by atoms with E-state index >= 15 is 0 Å². The summed E-state index contributed by atoms with van der Waals surface area (Å²) in [5, 5.41) is 11.0. The van der Waals surface area contributed by atoms with Gasteiger partial charge in [0.25, 0.3) is 0 Å². The molecule has 0 aliphatic rings. The van der Waals surface area contributed by atoms with Crippen LogP contribution in [0.1, 0.15) is 20.3 Å². The largest absolute Gasteiger partial charge is 0.341 e. The van der Waals surface area contributed by atoms with E-state index in [0.717, 1.165) is 0 Å². The van der Waals surface area contributed by atoms with Gasteiger partial charge in [-0.25, -0.2) is 0 Å². The second kappa shape index (κ2) is 5.21. The molecule has 0 aromatic heterocycles. The number of hydrogen-bond acceptors (Lipinski definition) is 2. The summed E-state index contributed by atoms with van der Waals surface area (Å²) in [6, 6.07) is 1.58. The minimum atomic E-state index is -0.632. The van der Waals surface area contributed by atoms with Gasteiger partial charge in [0.2, 0.25) is 5.91 Å². The predicted molar refractivity (Wildman–Crippen MR) is 45.8 cm³/mol. The summed E-state index contributed by atoms with van der Waals surface area (Å²) < 4.78 is 0. The summed E-state index contributed by atoms with van der Waals surface area (Å²) in [5.41, 5.74) is 0. The van der Waals surface area contributed by atoms with Gasteiger partial charge in [-0.1, -0.05) is 12.8 Å². The lowest BCUT2D eigenvalue weighted by Crippen LogP contribution is -2.36. The van der Waals surface area contributed by atoms with Crippen LogP contribution in [0.3, 0.4) is 0 Å². The zero-order valence-corrected chi connectivity index (χ0v) is 7.29. The van der Waals surface area contributed by atoms with E-state index in [2.05, 4.69) is 11.2 Å². The molecule has 0 aliphatic heterocycles. The Morgan fingerprint density at radius 3 is 2.67 bits per heavy atom. The molecule has 0 bridgehead atoms. The highest BCUT2D eigenvalue weighted by Gasteiger charge is 2.13. The Kier molecular flexibility index (Phi) is 4.57. The first-order valence-corrected chi connectivity index (χ1v) is 3.81. The van der Waals surface area contributed by atoms with Gasteiger partial charge in [0, 0.05) is 0 Å². The summed E-state index contributed by atoms with van der Waals surface area (Å²) in [6.07, 6.45) is 5.81. The molecule has 0 saturated heterocycles. The summed E-state index contributed by atoms with van der Waals surface area (Å²) >= 11 is 0. The maximum absolute atomic E-state index is 11.1. The van der Waals surface area contributed by atoms with E-state index in [1.165, 1.54) is 0 Å². The molecule has 12 heavy (non-hydrogen) atoms. The normalized spacial score (nSPS) is 13.7. The van der Waals surface area contributed by atoms with Crippen LogP contribution in [0.2, 0.25) is 0 Å². The second-order valence-corrected chi connectivity index (χ2v) is 2.49. The number of carbonyl (C=O) groups is 1. The van der Waals surface area contributed by atoms with E-state index in [4.69, 9.17) is 11.7 Å². The maximum Gasteiger partial charge on any atom is 0.238 e. The minimum absolute atomic E-state index is 0.256. The molecule has 1 N–H and O–H groups in total. The van der Waals surface area contributed by atoms with Crippen molar-refractivity contribution in [3.05, 3.63) is 0 Å². The maximum atomic E-state index is 11.1. The third-order valence-electron chi connectivity index (χ3n) is 1.51. The fraction of sp³-hybridized carbons (Fsp3) is 0.556. The molecule has 0 saturated carbocycles. The monoisotopic (exact) mass is 164 g/mol. The SMILES string of the molecule is C#CC(CC)NC(=O)C(C)C#N. The Hall–Kier alpha value is -1.48. The molecule has 64 valence electrons. The van der Waals surface area contributed by atoms with Crippen molar-refractivity contribution in [2.75, 3.05) is 0 Å². The van der Waals surface area contributed by atoms with Gasteiger partial charge < -0.3 is 5.32 Å². The van der Waals surface area contributed by atoms with Crippen LogP contribution in [0, 0.1) is 29.6 Å². The molecule has 3 heteroatoms. The van der Waals surface area contributed by atoms with Crippen LogP contribution >= 0.6 is 0 Å². The summed E-state index contributed by atoms with van der Waals surface area (Å²) in [4.78, 5) is 11.1. The number of nitrogens with one attached hydrogen (secondary N) is 1. The number of nitrogens with zero attached hydrogens (tertiary/aromatic N) is 1. The number of terminal acetylenes is 1. The Balaban J connectivity index is 4.03. The van der Waals surface area contributed by atoms with Crippen molar-refractivity contribution in [3.8, 4) is 18.4 Å². The van der Waals surface area contributed by atoms with Gasteiger partial charge in [-0.15, -0.1) is 6.42 Å². The molecule has 2 atom stereocenters. The lowest BCUT2D eigenvalue weighted by molar-refractivity contribution is -0.123. The number of amides is 1. The van der Waals surface area contributed by atoms with Crippen molar-refractivity contribution in [2.24, 2.45) is 5.92 Å². The minimum Gasteiger partial charge on any atom is -0.341 e. The third-order valence-corrected chi connectivity index (χ3v) is 1.51. The molecule has 0 heterocycles. The lowest BCUT2D eigenvalue weighted by atomic mass is 10.1. The van der Waals surface area contributed by atoms with Gasteiger partial charge in [0.1, 0.15) is 5.92 Å². The van der Waals surface area contributed by atoms with Crippen molar-refractivity contribution >= 4 is 5.91 Å². The summed E-state index contributed by atoms with van der Waals surface area (Å²) in [6.45, 7) is 3.42.